The van der Waals surface area contributed by atoms with Gasteiger partial charge in [-0.3, -0.25) is 0 Å². The predicted octanol–water partition coefficient (Wildman–Crippen LogP) is 14.4. The van der Waals surface area contributed by atoms with Gasteiger partial charge in [0.1, 0.15) is 0 Å². The highest BCUT2D eigenvalue weighted by molar-refractivity contribution is 6.10. The molecule has 11 aromatic rings. The van der Waals surface area contributed by atoms with Gasteiger partial charge in [0.2, 0.25) is 0 Å². The van der Waals surface area contributed by atoms with Crippen LogP contribution < -0.4 is 4.90 Å². The molecule has 0 spiro atoms. The Labute approximate surface area is 336 Å². The topological polar surface area (TPSA) is 34.0 Å². The number of para-hydroxylation sites is 4. The van der Waals surface area contributed by atoms with Crippen molar-refractivity contribution in [1.82, 2.24) is 14.5 Å². The Bertz CT molecular complexity index is 3260. The maximum atomic E-state index is 5.14. The van der Waals surface area contributed by atoms with Crippen molar-refractivity contribution in [3.05, 3.63) is 218 Å². The summed E-state index contributed by atoms with van der Waals surface area (Å²) in [6.07, 6.45) is 0. The minimum Gasteiger partial charge on any atom is -0.311 e. The molecule has 0 radical (unpaired) electrons. The van der Waals surface area contributed by atoms with Crippen molar-refractivity contribution in [2.24, 2.45) is 0 Å². The van der Waals surface area contributed by atoms with Gasteiger partial charge < -0.3 is 9.47 Å². The van der Waals surface area contributed by atoms with Gasteiger partial charge in [0, 0.05) is 44.6 Å². The normalized spacial score (nSPS) is 11.4. The van der Waals surface area contributed by atoms with Gasteiger partial charge in [-0.05, 0) is 101 Å². The first kappa shape index (κ1) is 33.5. The Morgan fingerprint density at radius 1 is 0.328 bits per heavy atom. The zero-order valence-electron chi connectivity index (χ0n) is 31.6. The first-order valence-electron chi connectivity index (χ1n) is 19.7. The summed E-state index contributed by atoms with van der Waals surface area (Å²) in [6.45, 7) is 0. The van der Waals surface area contributed by atoms with Crippen molar-refractivity contribution in [3.63, 3.8) is 0 Å². The van der Waals surface area contributed by atoms with Crippen LogP contribution in [0.5, 0.6) is 0 Å². The summed E-state index contributed by atoms with van der Waals surface area (Å²) >= 11 is 0. The Morgan fingerprint density at radius 2 is 0.845 bits per heavy atom. The number of hydrogen-bond acceptors (Lipinski definition) is 3. The molecule has 0 fully saturated rings. The van der Waals surface area contributed by atoms with E-state index >= 15 is 0 Å². The first-order chi connectivity index (χ1) is 28.7. The summed E-state index contributed by atoms with van der Waals surface area (Å²) in [5.74, 6) is 0. The molecule has 0 amide bonds. The van der Waals surface area contributed by atoms with E-state index in [9.17, 15) is 0 Å². The van der Waals surface area contributed by atoms with E-state index in [-0.39, 0.29) is 0 Å². The number of rotatable bonds is 7. The van der Waals surface area contributed by atoms with E-state index in [1.165, 1.54) is 43.7 Å². The van der Waals surface area contributed by atoms with Crippen LogP contribution in [0.25, 0.3) is 82.9 Å². The van der Waals surface area contributed by atoms with E-state index < -0.39 is 0 Å². The standard InChI is InChI=1S/C54H36N4/c1-3-14-39(15-4-1)53-54(56-50-21-11-10-20-49(50)55-53)40-26-31-45(32-27-40)57(43-17-5-2-6-18-43)44-29-23-38(24-30-44)42-28-34-52-48(36-42)47-19-9-12-22-51(47)58(52)46-33-25-37-13-7-8-16-41(37)35-46/h1-36H. The summed E-state index contributed by atoms with van der Waals surface area (Å²) in [7, 11) is 0. The number of aromatic nitrogens is 3. The zero-order valence-corrected chi connectivity index (χ0v) is 31.6. The summed E-state index contributed by atoms with van der Waals surface area (Å²) in [5, 5.41) is 4.96. The molecule has 272 valence electrons. The van der Waals surface area contributed by atoms with Crippen LogP contribution in [0.2, 0.25) is 0 Å². The molecule has 0 unspecified atom stereocenters. The minimum atomic E-state index is 0.865. The van der Waals surface area contributed by atoms with Gasteiger partial charge in [0.25, 0.3) is 0 Å². The van der Waals surface area contributed by atoms with Crippen LogP contribution in [-0.4, -0.2) is 14.5 Å². The second-order valence-electron chi connectivity index (χ2n) is 14.7. The van der Waals surface area contributed by atoms with Gasteiger partial charge in [-0.25, -0.2) is 9.97 Å². The number of fused-ring (bicyclic) bond motifs is 5. The van der Waals surface area contributed by atoms with E-state index in [1.807, 2.05) is 42.5 Å². The highest BCUT2D eigenvalue weighted by Gasteiger charge is 2.18. The van der Waals surface area contributed by atoms with Gasteiger partial charge >= 0.3 is 0 Å². The third-order valence-corrected chi connectivity index (χ3v) is 11.2. The lowest BCUT2D eigenvalue weighted by Gasteiger charge is -2.26. The quantitative estimate of drug-likeness (QED) is 0.163. The van der Waals surface area contributed by atoms with Gasteiger partial charge in [0.15, 0.2) is 0 Å². The van der Waals surface area contributed by atoms with Crippen LogP contribution in [0.15, 0.2) is 218 Å². The minimum absolute atomic E-state index is 0.865. The van der Waals surface area contributed by atoms with E-state index in [0.29, 0.717) is 0 Å². The molecule has 0 bridgehead atoms. The van der Waals surface area contributed by atoms with Crippen LogP contribution in [0.4, 0.5) is 17.1 Å². The Balaban J connectivity index is 0.962. The maximum absolute atomic E-state index is 5.14. The zero-order chi connectivity index (χ0) is 38.4. The van der Waals surface area contributed by atoms with Crippen LogP contribution in [0, 0.1) is 0 Å². The lowest BCUT2D eigenvalue weighted by Crippen LogP contribution is -2.09. The van der Waals surface area contributed by atoms with Crippen LogP contribution >= 0.6 is 0 Å². The van der Waals surface area contributed by atoms with E-state index in [4.69, 9.17) is 9.97 Å². The Morgan fingerprint density at radius 3 is 1.55 bits per heavy atom. The second kappa shape index (κ2) is 14.0. The fourth-order valence-corrected chi connectivity index (χ4v) is 8.34. The smallest absolute Gasteiger partial charge is 0.0973 e. The van der Waals surface area contributed by atoms with Gasteiger partial charge in [-0.15, -0.1) is 0 Å². The van der Waals surface area contributed by atoms with Gasteiger partial charge in [-0.1, -0.05) is 140 Å². The summed E-state index contributed by atoms with van der Waals surface area (Å²) in [6, 6.07) is 77.4. The Kier molecular flexibility index (Phi) is 8.11. The van der Waals surface area contributed by atoms with Crippen molar-refractivity contribution in [1.29, 1.82) is 0 Å². The van der Waals surface area contributed by atoms with E-state index in [1.54, 1.807) is 0 Å². The molecule has 58 heavy (non-hydrogen) atoms. The number of benzene rings is 9. The van der Waals surface area contributed by atoms with Crippen molar-refractivity contribution < 1.29 is 0 Å². The summed E-state index contributed by atoms with van der Waals surface area (Å²) in [5.41, 5.74) is 14.7. The average Bonchev–Trinajstić information content (AvgIpc) is 3.63. The van der Waals surface area contributed by atoms with Crippen molar-refractivity contribution in [2.75, 3.05) is 4.90 Å². The molecule has 0 aliphatic rings. The average molecular weight is 741 g/mol. The highest BCUT2D eigenvalue weighted by atomic mass is 15.1. The largest absolute Gasteiger partial charge is 0.311 e. The second-order valence-corrected chi connectivity index (χ2v) is 14.7. The molecule has 2 aromatic heterocycles. The summed E-state index contributed by atoms with van der Waals surface area (Å²) in [4.78, 5) is 12.5. The van der Waals surface area contributed by atoms with E-state index in [2.05, 4.69) is 185 Å². The highest BCUT2D eigenvalue weighted by Crippen LogP contribution is 2.40. The van der Waals surface area contributed by atoms with Crippen LogP contribution in [0.1, 0.15) is 0 Å². The van der Waals surface area contributed by atoms with Crippen molar-refractivity contribution in [2.45, 2.75) is 0 Å². The summed E-state index contributed by atoms with van der Waals surface area (Å²) < 4.78 is 2.39. The molecule has 0 saturated heterocycles. The molecule has 4 heteroatoms. The first-order valence-corrected chi connectivity index (χ1v) is 19.7. The van der Waals surface area contributed by atoms with Crippen LogP contribution in [-0.2, 0) is 0 Å². The predicted molar refractivity (Wildman–Crippen MR) is 242 cm³/mol. The third kappa shape index (κ3) is 5.87. The van der Waals surface area contributed by atoms with Gasteiger partial charge in [0.05, 0.1) is 33.5 Å². The fourth-order valence-electron chi connectivity index (χ4n) is 8.34. The monoisotopic (exact) mass is 740 g/mol. The molecule has 0 aliphatic heterocycles. The molecule has 2 heterocycles. The molecule has 4 nitrogen and oxygen atoms in total. The molecule has 0 atom stereocenters. The third-order valence-electron chi connectivity index (χ3n) is 11.2. The van der Waals surface area contributed by atoms with Crippen molar-refractivity contribution >= 4 is 60.7 Å². The Hall–Kier alpha value is -7.82. The van der Waals surface area contributed by atoms with Crippen LogP contribution in [0.3, 0.4) is 0 Å². The maximum Gasteiger partial charge on any atom is 0.0973 e. The lowest BCUT2D eigenvalue weighted by molar-refractivity contribution is 1.19. The lowest BCUT2D eigenvalue weighted by atomic mass is 10.0. The SMILES string of the molecule is c1ccc(-c2nc3ccccc3nc2-c2ccc(N(c3ccccc3)c3ccc(-c4ccc5c(c4)c4ccccc4n5-c4ccc5ccccc5c4)cc3)cc2)cc1. The van der Waals surface area contributed by atoms with Gasteiger partial charge in [-0.2, -0.15) is 0 Å². The fraction of sp³-hybridized carbons (Fsp3) is 0. The molecule has 0 saturated carbocycles. The number of nitrogens with zero attached hydrogens (tertiary/aromatic N) is 4. The molecular weight excluding hydrogens is 705 g/mol. The number of anilines is 3. The molecule has 9 aromatic carbocycles. The molecule has 0 aliphatic carbocycles. The molecule has 11 rings (SSSR count). The molecule has 0 N–H and O–H groups in total. The van der Waals surface area contributed by atoms with Crippen molar-refractivity contribution in [3.8, 4) is 39.3 Å². The molecular formula is C54H36N4. The van der Waals surface area contributed by atoms with E-state index in [0.717, 1.165) is 56.3 Å². The number of hydrogen-bond donors (Lipinski definition) is 0.